The van der Waals surface area contributed by atoms with Crippen molar-refractivity contribution in [1.82, 2.24) is 5.32 Å². The van der Waals surface area contributed by atoms with Gasteiger partial charge >= 0.3 is 12.1 Å². The number of nitrogens with one attached hydrogen (secondary N) is 1. The minimum absolute atomic E-state index is 0.0810. The molecule has 4 nitrogen and oxygen atoms in total. The molecule has 22 heavy (non-hydrogen) atoms. The summed E-state index contributed by atoms with van der Waals surface area (Å²) in [4.78, 5) is 22.6. The van der Waals surface area contributed by atoms with Gasteiger partial charge in [0.05, 0.1) is 5.56 Å². The number of amides is 1. The molecule has 120 valence electrons. The van der Waals surface area contributed by atoms with Gasteiger partial charge in [0, 0.05) is 0 Å². The molecule has 0 heterocycles. The van der Waals surface area contributed by atoms with E-state index >= 15 is 0 Å². The highest BCUT2D eigenvalue weighted by atomic mass is 19.4. The number of carbonyl (C=O) groups excluding carboxylic acids is 1. The second-order valence-corrected chi connectivity index (χ2v) is 4.95. The summed E-state index contributed by atoms with van der Waals surface area (Å²) in [5, 5.41) is 10.8. The summed E-state index contributed by atoms with van der Waals surface area (Å²) in [5.41, 5.74) is -4.34. The van der Waals surface area contributed by atoms with Crippen LogP contribution in [0.3, 0.4) is 0 Å². The third-order valence-corrected chi connectivity index (χ3v) is 3.25. The average Bonchev–Trinajstić information content (AvgIpc) is 3.14. The molecular formula is C13H10F5NO3. The SMILES string of the molecule is O=C(O)C(NC(=O)C1(F)CC1)c1ccc(F)c(C(F)(F)F)c1. The van der Waals surface area contributed by atoms with Gasteiger partial charge in [0.2, 0.25) is 0 Å². The number of aliphatic carboxylic acids is 1. The van der Waals surface area contributed by atoms with E-state index in [9.17, 15) is 31.5 Å². The second kappa shape index (κ2) is 5.22. The largest absolute Gasteiger partial charge is 0.479 e. The van der Waals surface area contributed by atoms with Crippen LogP contribution in [-0.2, 0) is 15.8 Å². The van der Waals surface area contributed by atoms with Gasteiger partial charge in [-0.25, -0.2) is 13.6 Å². The topological polar surface area (TPSA) is 66.4 Å². The molecule has 0 radical (unpaired) electrons. The van der Waals surface area contributed by atoms with Crippen LogP contribution < -0.4 is 5.32 Å². The van der Waals surface area contributed by atoms with Gasteiger partial charge in [-0.05, 0) is 30.5 Å². The molecule has 1 aliphatic carbocycles. The molecule has 1 saturated carbocycles. The Morgan fingerprint density at radius 1 is 1.27 bits per heavy atom. The van der Waals surface area contributed by atoms with Crippen molar-refractivity contribution >= 4 is 11.9 Å². The van der Waals surface area contributed by atoms with E-state index in [-0.39, 0.29) is 18.9 Å². The fourth-order valence-corrected chi connectivity index (χ4v) is 1.82. The van der Waals surface area contributed by atoms with Gasteiger partial charge in [-0.2, -0.15) is 13.2 Å². The summed E-state index contributed by atoms with van der Waals surface area (Å²) in [6.07, 6.45) is -5.18. The van der Waals surface area contributed by atoms with Gasteiger partial charge in [0.25, 0.3) is 5.91 Å². The number of rotatable bonds is 4. The van der Waals surface area contributed by atoms with Crippen LogP contribution in [0, 0.1) is 5.82 Å². The van der Waals surface area contributed by atoms with E-state index in [0.29, 0.717) is 6.07 Å². The predicted molar refractivity (Wildman–Crippen MR) is 63.0 cm³/mol. The summed E-state index contributed by atoms with van der Waals surface area (Å²) in [6, 6.07) is -0.376. The lowest BCUT2D eigenvalue weighted by Gasteiger charge is -2.18. The first-order valence-electron chi connectivity index (χ1n) is 6.14. The third kappa shape index (κ3) is 3.18. The summed E-state index contributed by atoms with van der Waals surface area (Å²) in [5.74, 6) is -4.47. The molecule has 0 aromatic heterocycles. The lowest BCUT2D eigenvalue weighted by molar-refractivity contribution is -0.143. The Labute approximate surface area is 120 Å². The van der Waals surface area contributed by atoms with Crippen LogP contribution in [0.5, 0.6) is 0 Å². The van der Waals surface area contributed by atoms with E-state index in [1.54, 1.807) is 0 Å². The first kappa shape index (κ1) is 16.2. The van der Waals surface area contributed by atoms with E-state index in [1.807, 2.05) is 5.32 Å². The highest BCUT2D eigenvalue weighted by Gasteiger charge is 2.51. The molecule has 0 saturated heterocycles. The number of carbonyl (C=O) groups is 2. The van der Waals surface area contributed by atoms with Crippen LogP contribution in [-0.4, -0.2) is 22.7 Å². The lowest BCUT2D eigenvalue weighted by Crippen LogP contribution is -2.39. The number of benzene rings is 1. The average molecular weight is 323 g/mol. The van der Waals surface area contributed by atoms with Gasteiger partial charge in [-0.3, -0.25) is 4.79 Å². The minimum atomic E-state index is -5.02. The summed E-state index contributed by atoms with van der Waals surface area (Å²) in [6.45, 7) is 0. The van der Waals surface area contributed by atoms with E-state index in [4.69, 9.17) is 5.11 Å². The Morgan fingerprint density at radius 2 is 1.86 bits per heavy atom. The van der Waals surface area contributed by atoms with E-state index in [0.717, 1.165) is 6.07 Å². The molecule has 1 aliphatic rings. The molecule has 2 rings (SSSR count). The van der Waals surface area contributed by atoms with E-state index in [1.165, 1.54) is 0 Å². The van der Waals surface area contributed by atoms with Gasteiger partial charge < -0.3 is 10.4 Å². The molecule has 9 heteroatoms. The zero-order valence-electron chi connectivity index (χ0n) is 10.9. The standard InChI is InChI=1S/C13H10F5NO3/c14-8-2-1-6(5-7(8)13(16,17)18)9(10(20)21)19-11(22)12(15)3-4-12/h1-2,5,9H,3-4H2,(H,19,22)(H,20,21). The van der Waals surface area contributed by atoms with Crippen molar-refractivity contribution in [3.05, 3.63) is 35.1 Å². The Balaban J connectivity index is 2.33. The fourth-order valence-electron chi connectivity index (χ4n) is 1.82. The molecule has 1 amide bonds. The van der Waals surface area contributed by atoms with E-state index in [2.05, 4.69) is 0 Å². The molecule has 1 aromatic carbocycles. The van der Waals surface area contributed by atoms with Gasteiger partial charge in [0.1, 0.15) is 5.82 Å². The van der Waals surface area contributed by atoms with Crippen LogP contribution in [0.4, 0.5) is 22.0 Å². The maximum absolute atomic E-state index is 13.5. The van der Waals surface area contributed by atoms with Crippen LogP contribution >= 0.6 is 0 Å². The Hall–Kier alpha value is -2.19. The molecule has 0 bridgehead atoms. The quantitative estimate of drug-likeness (QED) is 0.837. The van der Waals surface area contributed by atoms with E-state index < -0.39 is 46.7 Å². The minimum Gasteiger partial charge on any atom is -0.479 e. The highest BCUT2D eigenvalue weighted by Crippen LogP contribution is 2.40. The zero-order chi connectivity index (χ0) is 16.7. The molecule has 2 N–H and O–H groups in total. The normalized spacial score (nSPS) is 17.7. The maximum atomic E-state index is 13.5. The second-order valence-electron chi connectivity index (χ2n) is 4.95. The summed E-state index contributed by atoms with van der Waals surface area (Å²) in [7, 11) is 0. The Morgan fingerprint density at radius 3 is 2.32 bits per heavy atom. The Bertz CT molecular complexity index is 625. The number of alkyl halides is 4. The number of halogens is 5. The summed E-state index contributed by atoms with van der Waals surface area (Å²) >= 11 is 0. The third-order valence-electron chi connectivity index (χ3n) is 3.25. The highest BCUT2D eigenvalue weighted by molar-refractivity contribution is 5.91. The van der Waals surface area contributed by atoms with Crippen molar-refractivity contribution < 1.29 is 36.6 Å². The van der Waals surface area contributed by atoms with Crippen molar-refractivity contribution in [2.75, 3.05) is 0 Å². The predicted octanol–water partition coefficient (Wildman–Crippen LogP) is 2.59. The molecule has 1 aromatic rings. The number of carboxylic acid groups (broad SMARTS) is 1. The first-order valence-corrected chi connectivity index (χ1v) is 6.14. The maximum Gasteiger partial charge on any atom is 0.419 e. The van der Waals surface area contributed by atoms with Crippen molar-refractivity contribution in [2.24, 2.45) is 0 Å². The van der Waals surface area contributed by atoms with Crippen LogP contribution in [0.2, 0.25) is 0 Å². The van der Waals surface area contributed by atoms with Gasteiger partial charge in [-0.15, -0.1) is 0 Å². The summed E-state index contributed by atoms with van der Waals surface area (Å²) < 4.78 is 64.6. The molecule has 0 aliphatic heterocycles. The van der Waals surface area contributed by atoms with Crippen molar-refractivity contribution in [3.8, 4) is 0 Å². The first-order chi connectivity index (χ1) is 10.0. The number of carboxylic acids is 1. The van der Waals surface area contributed by atoms with Crippen LogP contribution in [0.15, 0.2) is 18.2 Å². The molecule has 1 fully saturated rings. The van der Waals surface area contributed by atoms with Crippen molar-refractivity contribution in [2.45, 2.75) is 30.7 Å². The smallest absolute Gasteiger partial charge is 0.419 e. The number of hydrogen-bond donors (Lipinski definition) is 2. The zero-order valence-corrected chi connectivity index (χ0v) is 10.9. The molecule has 1 atom stereocenters. The molecular weight excluding hydrogens is 313 g/mol. The van der Waals surface area contributed by atoms with Gasteiger partial charge in [0.15, 0.2) is 11.7 Å². The molecule has 1 unspecified atom stereocenters. The Kier molecular flexibility index (Phi) is 3.84. The van der Waals surface area contributed by atoms with Crippen LogP contribution in [0.25, 0.3) is 0 Å². The number of hydrogen-bond acceptors (Lipinski definition) is 2. The lowest BCUT2D eigenvalue weighted by atomic mass is 10.0. The fraction of sp³-hybridized carbons (Fsp3) is 0.385. The van der Waals surface area contributed by atoms with Gasteiger partial charge in [-0.1, -0.05) is 6.07 Å². The molecule has 0 spiro atoms. The van der Waals surface area contributed by atoms with Crippen molar-refractivity contribution in [3.63, 3.8) is 0 Å². The monoisotopic (exact) mass is 323 g/mol. The van der Waals surface area contributed by atoms with Crippen LogP contribution in [0.1, 0.15) is 30.0 Å². The van der Waals surface area contributed by atoms with Crippen molar-refractivity contribution in [1.29, 1.82) is 0 Å².